The molecule has 2 aromatic rings. The Morgan fingerprint density at radius 2 is 1.77 bits per heavy atom. The van der Waals surface area contributed by atoms with E-state index in [1.54, 1.807) is 37.3 Å². The zero-order chi connectivity index (χ0) is 31.3. The molecule has 5 rings (SSSR count). The fourth-order valence-electron chi connectivity index (χ4n) is 7.14. The van der Waals surface area contributed by atoms with Crippen LogP contribution in [-0.4, -0.2) is 50.2 Å². The molecule has 12 heteroatoms. The van der Waals surface area contributed by atoms with Crippen molar-refractivity contribution in [2.45, 2.75) is 95.3 Å². The van der Waals surface area contributed by atoms with Crippen LogP contribution in [0.1, 0.15) is 76.8 Å². The quantitative estimate of drug-likeness (QED) is 0.326. The van der Waals surface area contributed by atoms with Gasteiger partial charge in [0, 0.05) is 34.8 Å². The van der Waals surface area contributed by atoms with Gasteiger partial charge in [-0.3, -0.25) is 9.59 Å². The van der Waals surface area contributed by atoms with Gasteiger partial charge in [0.25, 0.3) is 0 Å². The molecule has 2 fully saturated rings. The Morgan fingerprint density at radius 3 is 2.42 bits per heavy atom. The highest BCUT2D eigenvalue weighted by molar-refractivity contribution is 7.89. The largest absolute Gasteiger partial charge is 0.352 e. The molecule has 2 amide bonds. The second-order valence-corrected chi connectivity index (χ2v) is 16.1. The van der Waals surface area contributed by atoms with Gasteiger partial charge in [0.05, 0.1) is 16.8 Å². The number of nitrogens with one attached hydrogen (secondary N) is 4. The van der Waals surface area contributed by atoms with Gasteiger partial charge in [0.15, 0.2) is 0 Å². The highest BCUT2D eigenvalue weighted by Crippen LogP contribution is 2.57. The normalized spacial score (nSPS) is 29.0. The molecule has 234 valence electrons. The number of hydrogen-bond acceptors (Lipinski definition) is 5. The number of benzene rings is 2. The van der Waals surface area contributed by atoms with Gasteiger partial charge in [0.1, 0.15) is 11.2 Å². The first-order chi connectivity index (χ1) is 20.2. The molecule has 1 aliphatic carbocycles. The van der Waals surface area contributed by atoms with E-state index >= 15 is 4.39 Å². The molecule has 0 unspecified atom stereocenters. The van der Waals surface area contributed by atoms with Crippen molar-refractivity contribution in [1.29, 1.82) is 0 Å². The number of carbonyl (C=O) groups excluding carboxylic acids is 2. The van der Waals surface area contributed by atoms with Crippen molar-refractivity contribution in [2.75, 3.05) is 11.1 Å². The van der Waals surface area contributed by atoms with E-state index in [0.29, 0.717) is 48.4 Å². The lowest BCUT2D eigenvalue weighted by Crippen LogP contribution is -2.50. The molecule has 4 N–H and O–H groups in total. The Labute approximate surface area is 262 Å². The summed E-state index contributed by atoms with van der Waals surface area (Å²) in [6.07, 6.45) is 2.87. The summed E-state index contributed by atoms with van der Waals surface area (Å²) in [6.45, 7) is 7.78. The molecule has 3 aliphatic rings. The molecule has 2 heterocycles. The van der Waals surface area contributed by atoms with E-state index in [0.717, 1.165) is 0 Å². The predicted molar refractivity (Wildman–Crippen MR) is 167 cm³/mol. The molecule has 8 nitrogen and oxygen atoms in total. The molecule has 1 saturated carbocycles. The molecular formula is C31H39Cl2FN4O4S. The summed E-state index contributed by atoms with van der Waals surface area (Å²) in [7, 11) is -3.32. The van der Waals surface area contributed by atoms with Crippen molar-refractivity contribution >= 4 is 50.7 Å². The summed E-state index contributed by atoms with van der Waals surface area (Å²) >= 11 is 12.6. The number of hydrogen-bond donors (Lipinski definition) is 4. The fraction of sp³-hybridized carbons (Fsp3) is 0.548. The summed E-state index contributed by atoms with van der Waals surface area (Å²) in [5.41, 5.74) is -0.178. The van der Waals surface area contributed by atoms with Crippen LogP contribution in [0.4, 0.5) is 10.1 Å². The maximum atomic E-state index is 15.9. The zero-order valence-corrected chi connectivity index (χ0v) is 27.1. The molecule has 1 spiro atoms. The third-order valence-corrected chi connectivity index (χ3v) is 11.0. The molecular weight excluding hydrogens is 614 g/mol. The van der Waals surface area contributed by atoms with E-state index in [-0.39, 0.29) is 45.7 Å². The number of amides is 2. The Morgan fingerprint density at radius 1 is 1.09 bits per heavy atom. The third kappa shape index (κ3) is 6.18. The zero-order valence-electron chi connectivity index (χ0n) is 24.8. The average molecular weight is 654 g/mol. The lowest BCUT2D eigenvalue weighted by molar-refractivity contribution is -0.124. The van der Waals surface area contributed by atoms with Crippen molar-refractivity contribution in [3.8, 4) is 0 Å². The summed E-state index contributed by atoms with van der Waals surface area (Å²) in [4.78, 5) is 28.4. The average Bonchev–Trinajstić information content (AvgIpc) is 3.40. The Kier molecular flexibility index (Phi) is 8.92. The van der Waals surface area contributed by atoms with E-state index in [1.165, 1.54) is 6.07 Å². The van der Waals surface area contributed by atoms with Gasteiger partial charge in [-0.15, -0.1) is 0 Å². The van der Waals surface area contributed by atoms with Crippen LogP contribution in [0, 0.1) is 11.2 Å². The Balaban J connectivity index is 1.54. The molecule has 4 atom stereocenters. The third-order valence-electron chi connectivity index (χ3n) is 9.02. The first-order valence-corrected chi connectivity index (χ1v) is 17.2. The van der Waals surface area contributed by atoms with Crippen LogP contribution >= 0.6 is 23.2 Å². The first-order valence-electron chi connectivity index (χ1n) is 14.8. The van der Waals surface area contributed by atoms with E-state index < -0.39 is 39.3 Å². The summed E-state index contributed by atoms with van der Waals surface area (Å²) in [5.74, 6) is -2.24. The topological polar surface area (TPSA) is 116 Å². The van der Waals surface area contributed by atoms with Crippen molar-refractivity contribution in [3.63, 3.8) is 0 Å². The van der Waals surface area contributed by atoms with E-state index in [4.69, 9.17) is 23.2 Å². The molecule has 2 aliphatic heterocycles. The van der Waals surface area contributed by atoms with Crippen molar-refractivity contribution in [3.05, 3.63) is 63.4 Å². The van der Waals surface area contributed by atoms with Gasteiger partial charge in [-0.25, -0.2) is 17.5 Å². The lowest BCUT2D eigenvalue weighted by atomic mass is 9.62. The van der Waals surface area contributed by atoms with Crippen molar-refractivity contribution < 1.29 is 22.4 Å². The summed E-state index contributed by atoms with van der Waals surface area (Å²) in [6, 6.07) is 8.02. The van der Waals surface area contributed by atoms with Crippen LogP contribution in [-0.2, 0) is 25.0 Å². The molecule has 1 saturated heterocycles. The molecule has 2 aromatic carbocycles. The second-order valence-electron chi connectivity index (χ2n) is 13.2. The fourth-order valence-corrected chi connectivity index (χ4v) is 8.40. The summed E-state index contributed by atoms with van der Waals surface area (Å²) in [5, 5.41) is 9.98. The number of rotatable bonds is 7. The minimum atomic E-state index is -3.32. The van der Waals surface area contributed by atoms with Gasteiger partial charge < -0.3 is 16.0 Å². The predicted octanol–water partition coefficient (Wildman–Crippen LogP) is 5.25. The monoisotopic (exact) mass is 652 g/mol. The van der Waals surface area contributed by atoms with Crippen molar-refractivity contribution in [2.24, 2.45) is 5.41 Å². The summed E-state index contributed by atoms with van der Waals surface area (Å²) < 4.78 is 42.7. The van der Waals surface area contributed by atoms with Crippen molar-refractivity contribution in [1.82, 2.24) is 15.4 Å². The standard InChI is InChI=1S/C31H39Cl2FN4O4S/c1-5-43(41,42)38-19-12-10-18(11-13-19)35-28(39)27-25(20-7-6-8-22(33)26(20)34)31(24(37-27)16-30(2,3)4)21-14-9-17(32)15-23(21)36-29(31)40/h6-9,14-15,18-19,24-25,27,37-38H,5,10-13,16H2,1-4H3,(H,35,39)(H,36,40)/t18-,19-,24-,25+,27-,31+/m1/s1. The van der Waals surface area contributed by atoms with Crippen LogP contribution in [0.2, 0.25) is 10.0 Å². The highest BCUT2D eigenvalue weighted by atomic mass is 35.5. The van der Waals surface area contributed by atoms with E-state index in [2.05, 4.69) is 41.4 Å². The Bertz CT molecular complexity index is 1520. The molecule has 43 heavy (non-hydrogen) atoms. The number of carbonyl (C=O) groups is 2. The molecule has 0 bridgehead atoms. The smallest absolute Gasteiger partial charge is 0.238 e. The second kappa shape index (κ2) is 11.9. The maximum Gasteiger partial charge on any atom is 0.238 e. The SMILES string of the molecule is CCS(=O)(=O)N[C@H]1CC[C@H](NC(=O)[C@@H]2N[C@H](CC(C)(C)C)[C@]3(C(=O)Nc4cc(Cl)ccc43)[C@H]2c2cccc(Cl)c2F)CC1. The van der Waals surface area contributed by atoms with Gasteiger partial charge in [-0.2, -0.15) is 0 Å². The molecule has 0 aromatic heterocycles. The number of halogens is 3. The van der Waals surface area contributed by atoms with Gasteiger partial charge in [-0.05, 0) is 73.8 Å². The number of sulfonamides is 1. The lowest BCUT2D eigenvalue weighted by Gasteiger charge is -2.38. The maximum absolute atomic E-state index is 15.9. The minimum absolute atomic E-state index is 0.0128. The van der Waals surface area contributed by atoms with Gasteiger partial charge >= 0.3 is 0 Å². The van der Waals surface area contributed by atoms with Crippen LogP contribution in [0.3, 0.4) is 0 Å². The van der Waals surface area contributed by atoms with Crippen LogP contribution in [0.5, 0.6) is 0 Å². The first kappa shape index (κ1) is 32.2. The number of anilines is 1. The minimum Gasteiger partial charge on any atom is -0.352 e. The van der Waals surface area contributed by atoms with Crippen LogP contribution in [0.25, 0.3) is 0 Å². The van der Waals surface area contributed by atoms with Crippen LogP contribution in [0.15, 0.2) is 36.4 Å². The number of fused-ring (bicyclic) bond motifs is 2. The van der Waals surface area contributed by atoms with Gasteiger partial charge in [-0.1, -0.05) is 62.2 Å². The van der Waals surface area contributed by atoms with Crippen LogP contribution < -0.4 is 20.7 Å². The van der Waals surface area contributed by atoms with Gasteiger partial charge in [0.2, 0.25) is 21.8 Å². The highest BCUT2D eigenvalue weighted by Gasteiger charge is 2.66. The van der Waals surface area contributed by atoms with E-state index in [9.17, 15) is 18.0 Å². The Hall–Kier alpha value is -2.24. The van der Waals surface area contributed by atoms with E-state index in [1.807, 2.05) is 0 Å². The molecule has 0 radical (unpaired) electrons.